The second-order valence-electron chi connectivity index (χ2n) is 6.26. The maximum absolute atomic E-state index is 12.1. The molecule has 0 bridgehead atoms. The molecule has 0 unspecified atom stereocenters. The van der Waals surface area contributed by atoms with Crippen LogP contribution in [0.15, 0.2) is 48.5 Å². The van der Waals surface area contributed by atoms with Crippen molar-refractivity contribution in [1.29, 1.82) is 0 Å². The minimum Gasteiger partial charge on any atom is -0.497 e. The van der Waals surface area contributed by atoms with Gasteiger partial charge in [0.1, 0.15) is 11.5 Å². The Morgan fingerprint density at radius 3 is 2.32 bits per heavy atom. The molecule has 0 aliphatic rings. The third-order valence-corrected chi connectivity index (χ3v) is 5.35. The molecule has 152 valence electrons. The lowest BCUT2D eigenvalue weighted by Crippen LogP contribution is -2.32. The summed E-state index contributed by atoms with van der Waals surface area (Å²) in [4.78, 5) is 12.1. The van der Waals surface area contributed by atoms with Crippen LogP contribution in [0, 0.1) is 0 Å². The smallest absolute Gasteiger partial charge is 0.232 e. The summed E-state index contributed by atoms with van der Waals surface area (Å²) >= 11 is 0. The van der Waals surface area contributed by atoms with Crippen molar-refractivity contribution >= 4 is 21.6 Å². The van der Waals surface area contributed by atoms with Crippen molar-refractivity contribution in [2.24, 2.45) is 0 Å². The van der Waals surface area contributed by atoms with E-state index in [1.54, 1.807) is 31.4 Å². The Bertz CT molecular complexity index is 882. The quantitative estimate of drug-likeness (QED) is 0.656. The number of nitrogens with one attached hydrogen (secondary N) is 1. The van der Waals surface area contributed by atoms with Gasteiger partial charge in [-0.3, -0.25) is 9.10 Å². The zero-order valence-electron chi connectivity index (χ0n) is 16.3. The maximum atomic E-state index is 12.1. The first-order chi connectivity index (χ1) is 13.3. The molecule has 1 amide bonds. The van der Waals surface area contributed by atoms with Gasteiger partial charge in [-0.15, -0.1) is 0 Å². The van der Waals surface area contributed by atoms with Gasteiger partial charge >= 0.3 is 0 Å². The van der Waals surface area contributed by atoms with E-state index in [1.165, 1.54) is 11.4 Å². The molecule has 0 fully saturated rings. The molecule has 2 aromatic rings. The Kier molecular flexibility index (Phi) is 7.69. The zero-order chi connectivity index (χ0) is 20.6. The van der Waals surface area contributed by atoms with E-state index in [2.05, 4.69) is 5.32 Å². The van der Waals surface area contributed by atoms with Crippen LogP contribution in [0.25, 0.3) is 0 Å². The number of nitrogens with zero attached hydrogens (tertiary/aromatic N) is 1. The third-order valence-electron chi connectivity index (χ3n) is 4.16. The van der Waals surface area contributed by atoms with Gasteiger partial charge < -0.3 is 14.8 Å². The summed E-state index contributed by atoms with van der Waals surface area (Å²) in [5.41, 5.74) is 1.48. The number of benzene rings is 2. The third kappa shape index (κ3) is 6.45. The average molecular weight is 407 g/mol. The normalized spacial score (nSPS) is 11.0. The number of carbonyl (C=O) groups is 1. The van der Waals surface area contributed by atoms with Crippen molar-refractivity contribution in [2.45, 2.75) is 19.4 Å². The number of methoxy groups -OCH3 is 2. The molecule has 0 atom stereocenters. The van der Waals surface area contributed by atoms with E-state index in [9.17, 15) is 13.2 Å². The van der Waals surface area contributed by atoms with Crippen LogP contribution >= 0.6 is 0 Å². The lowest BCUT2D eigenvalue weighted by molar-refractivity contribution is -0.121. The highest BCUT2D eigenvalue weighted by molar-refractivity contribution is 7.92. The topological polar surface area (TPSA) is 84.9 Å². The lowest BCUT2D eigenvalue weighted by atomic mass is 10.2. The van der Waals surface area contributed by atoms with E-state index in [4.69, 9.17) is 9.47 Å². The summed E-state index contributed by atoms with van der Waals surface area (Å²) in [6, 6.07) is 14.3. The minimum absolute atomic E-state index is 0.130. The molecule has 0 saturated carbocycles. The molecule has 0 spiro atoms. The van der Waals surface area contributed by atoms with Gasteiger partial charge in [0.05, 0.1) is 26.2 Å². The van der Waals surface area contributed by atoms with Crippen LogP contribution in [0.1, 0.15) is 18.4 Å². The summed E-state index contributed by atoms with van der Waals surface area (Å²) in [5, 5.41) is 2.84. The van der Waals surface area contributed by atoms with Crippen molar-refractivity contribution in [3.8, 4) is 11.5 Å². The van der Waals surface area contributed by atoms with Crippen molar-refractivity contribution in [3.05, 3.63) is 54.1 Å². The van der Waals surface area contributed by atoms with Gasteiger partial charge in [-0.1, -0.05) is 18.2 Å². The van der Waals surface area contributed by atoms with Gasteiger partial charge in [0.15, 0.2) is 0 Å². The summed E-state index contributed by atoms with van der Waals surface area (Å²) < 4.78 is 35.8. The van der Waals surface area contributed by atoms with Crippen LogP contribution < -0.4 is 19.1 Å². The lowest BCUT2D eigenvalue weighted by Gasteiger charge is -2.22. The van der Waals surface area contributed by atoms with Crippen molar-refractivity contribution < 1.29 is 22.7 Å². The number of hydrogen-bond acceptors (Lipinski definition) is 5. The van der Waals surface area contributed by atoms with Gasteiger partial charge in [0, 0.05) is 25.6 Å². The van der Waals surface area contributed by atoms with Crippen molar-refractivity contribution in [3.63, 3.8) is 0 Å². The average Bonchev–Trinajstić information content (AvgIpc) is 2.69. The van der Waals surface area contributed by atoms with Gasteiger partial charge in [0.2, 0.25) is 15.9 Å². The maximum Gasteiger partial charge on any atom is 0.232 e. The Labute approximate surface area is 166 Å². The van der Waals surface area contributed by atoms with Gasteiger partial charge in [-0.2, -0.15) is 0 Å². The van der Waals surface area contributed by atoms with E-state index in [1.807, 2.05) is 24.3 Å². The Morgan fingerprint density at radius 2 is 1.71 bits per heavy atom. The molecule has 2 rings (SSSR count). The summed E-state index contributed by atoms with van der Waals surface area (Å²) in [7, 11) is -0.344. The highest BCUT2D eigenvalue weighted by Crippen LogP contribution is 2.23. The molecule has 0 heterocycles. The zero-order valence-corrected chi connectivity index (χ0v) is 17.2. The van der Waals surface area contributed by atoms with E-state index < -0.39 is 10.0 Å². The SMILES string of the molecule is COc1ccc(CNC(=O)CCCN(c2cccc(OC)c2)S(C)(=O)=O)cc1. The van der Waals surface area contributed by atoms with E-state index in [-0.39, 0.29) is 18.9 Å². The highest BCUT2D eigenvalue weighted by atomic mass is 32.2. The molecule has 0 radical (unpaired) electrons. The van der Waals surface area contributed by atoms with Gasteiger partial charge in [0.25, 0.3) is 0 Å². The van der Waals surface area contributed by atoms with Crippen LogP contribution in [0.4, 0.5) is 5.69 Å². The standard InChI is InChI=1S/C20H26N2O5S/c1-26-18-11-9-16(10-12-18)15-21-20(23)8-5-13-22(28(3,24)25)17-6-4-7-19(14-17)27-2/h4,6-7,9-12,14H,5,8,13,15H2,1-3H3,(H,21,23). The predicted molar refractivity (Wildman–Crippen MR) is 109 cm³/mol. The van der Waals surface area contributed by atoms with Crippen LogP contribution in [-0.2, 0) is 21.4 Å². The fraction of sp³-hybridized carbons (Fsp3) is 0.350. The number of rotatable bonds is 10. The largest absolute Gasteiger partial charge is 0.497 e. The number of anilines is 1. The first kappa shape index (κ1) is 21.6. The second kappa shape index (κ2) is 9.98. The fourth-order valence-corrected chi connectivity index (χ4v) is 3.62. The number of carbonyl (C=O) groups excluding carboxylic acids is 1. The minimum atomic E-state index is -3.47. The predicted octanol–water partition coefficient (Wildman–Crippen LogP) is 2.57. The second-order valence-corrected chi connectivity index (χ2v) is 8.17. The monoisotopic (exact) mass is 406 g/mol. The van der Waals surface area contributed by atoms with E-state index in [0.29, 0.717) is 24.4 Å². The molecule has 7 nitrogen and oxygen atoms in total. The molecular formula is C20H26N2O5S. The van der Waals surface area contributed by atoms with E-state index in [0.717, 1.165) is 17.6 Å². The van der Waals surface area contributed by atoms with Crippen LogP contribution in [0.5, 0.6) is 11.5 Å². The molecule has 0 saturated heterocycles. The first-order valence-corrected chi connectivity index (χ1v) is 10.7. The molecule has 0 aromatic heterocycles. The molecule has 8 heteroatoms. The molecular weight excluding hydrogens is 380 g/mol. The molecule has 2 aromatic carbocycles. The molecule has 0 aliphatic heterocycles. The van der Waals surface area contributed by atoms with Gasteiger partial charge in [-0.25, -0.2) is 8.42 Å². The highest BCUT2D eigenvalue weighted by Gasteiger charge is 2.18. The number of sulfonamides is 1. The van der Waals surface area contributed by atoms with Crippen molar-refractivity contribution in [1.82, 2.24) is 5.32 Å². The first-order valence-electron chi connectivity index (χ1n) is 8.85. The van der Waals surface area contributed by atoms with Crippen LogP contribution in [0.3, 0.4) is 0 Å². The Morgan fingerprint density at radius 1 is 1.04 bits per heavy atom. The number of hydrogen-bond donors (Lipinski definition) is 1. The Hall–Kier alpha value is -2.74. The summed E-state index contributed by atoms with van der Waals surface area (Å²) in [6.45, 7) is 0.621. The van der Waals surface area contributed by atoms with Crippen LogP contribution in [0.2, 0.25) is 0 Å². The van der Waals surface area contributed by atoms with E-state index >= 15 is 0 Å². The van der Waals surface area contributed by atoms with Crippen LogP contribution in [-0.4, -0.2) is 41.3 Å². The molecule has 28 heavy (non-hydrogen) atoms. The molecule has 0 aliphatic carbocycles. The number of amides is 1. The van der Waals surface area contributed by atoms with Gasteiger partial charge in [-0.05, 0) is 36.2 Å². The van der Waals surface area contributed by atoms with Crippen molar-refractivity contribution in [2.75, 3.05) is 31.3 Å². The fourth-order valence-electron chi connectivity index (χ4n) is 2.67. The number of ether oxygens (including phenoxy) is 2. The Balaban J connectivity index is 1.88. The molecule has 1 N–H and O–H groups in total. The summed E-state index contributed by atoms with van der Waals surface area (Å²) in [6.07, 6.45) is 1.78. The summed E-state index contributed by atoms with van der Waals surface area (Å²) in [5.74, 6) is 1.20.